The first-order valence-electron chi connectivity index (χ1n) is 10.6. The van der Waals surface area contributed by atoms with Crippen molar-refractivity contribution in [2.75, 3.05) is 9.80 Å². The lowest BCUT2D eigenvalue weighted by Gasteiger charge is -2.37. The molecule has 0 saturated carbocycles. The monoisotopic (exact) mass is 373 g/mol. The number of para-hydroxylation sites is 1. The van der Waals surface area contributed by atoms with Gasteiger partial charge in [-0.1, -0.05) is 35.9 Å². The molecule has 0 N–H and O–H groups in total. The molecule has 4 rings (SSSR count). The molecule has 0 fully saturated rings. The van der Waals surface area contributed by atoms with E-state index in [4.69, 9.17) is 4.98 Å². The van der Waals surface area contributed by atoms with E-state index < -0.39 is 0 Å². The fraction of sp³-hybridized carbons (Fsp3) is 0.400. The number of benzene rings is 1. The van der Waals surface area contributed by atoms with Crippen LogP contribution in [0.4, 0.5) is 17.2 Å². The number of hydrogen-bond acceptors (Lipinski definition) is 3. The zero-order chi connectivity index (χ0) is 19.5. The highest BCUT2D eigenvalue weighted by Gasteiger charge is 2.40. The second kappa shape index (κ2) is 8.22. The van der Waals surface area contributed by atoms with Gasteiger partial charge in [0.25, 0.3) is 0 Å². The van der Waals surface area contributed by atoms with E-state index in [1.165, 1.54) is 35.4 Å². The third-order valence-corrected chi connectivity index (χ3v) is 5.81. The van der Waals surface area contributed by atoms with E-state index in [1.807, 2.05) is 6.20 Å². The lowest BCUT2D eigenvalue weighted by molar-refractivity contribution is 0.597. The molecule has 0 bridgehead atoms. The quantitative estimate of drug-likeness (QED) is 0.564. The Kier molecular flexibility index (Phi) is 5.52. The van der Waals surface area contributed by atoms with E-state index in [0.717, 1.165) is 25.1 Å². The van der Waals surface area contributed by atoms with Crippen LogP contribution in [0.15, 0.2) is 72.0 Å². The number of aromatic nitrogens is 1. The van der Waals surface area contributed by atoms with Crippen LogP contribution in [0.3, 0.4) is 0 Å². The molecular formula is C25H31N3. The zero-order valence-corrected chi connectivity index (χ0v) is 17.3. The Labute approximate surface area is 169 Å². The SMILES string of the molecule is C/C1=C\CC/C=C(/C2N(c3ccccc3)c3ncccc3N2C(C)C)CCC1. The van der Waals surface area contributed by atoms with E-state index in [2.05, 4.69) is 85.2 Å². The third-order valence-electron chi connectivity index (χ3n) is 5.81. The van der Waals surface area contributed by atoms with Crippen LogP contribution in [0.1, 0.15) is 52.9 Å². The summed E-state index contributed by atoms with van der Waals surface area (Å²) in [6.45, 7) is 6.86. The molecule has 1 atom stereocenters. The molecule has 2 aliphatic rings. The van der Waals surface area contributed by atoms with Crippen molar-refractivity contribution in [2.24, 2.45) is 0 Å². The molecule has 0 amide bonds. The molecule has 28 heavy (non-hydrogen) atoms. The second-order valence-electron chi connectivity index (χ2n) is 8.19. The van der Waals surface area contributed by atoms with Gasteiger partial charge in [-0.3, -0.25) is 4.90 Å². The standard InChI is InChI=1S/C25H31N3/c1-19(2)27-23-17-10-18-26-24(23)28(22-15-5-4-6-16-22)25(27)21-13-8-7-11-20(3)12-9-14-21/h4-6,10-11,13,15-19,25H,7-9,12,14H2,1-3H3/b20-11+,21-13+. The molecule has 146 valence electrons. The molecule has 2 aromatic rings. The molecule has 3 heteroatoms. The lowest BCUT2D eigenvalue weighted by atomic mass is 10.0. The topological polar surface area (TPSA) is 19.4 Å². The van der Waals surface area contributed by atoms with Gasteiger partial charge in [-0.05, 0) is 82.7 Å². The van der Waals surface area contributed by atoms with Gasteiger partial charge < -0.3 is 4.90 Å². The molecule has 0 radical (unpaired) electrons. The molecule has 1 aromatic carbocycles. The average Bonchev–Trinajstić information content (AvgIpc) is 3.09. The van der Waals surface area contributed by atoms with Gasteiger partial charge in [0.2, 0.25) is 0 Å². The Morgan fingerprint density at radius 1 is 0.964 bits per heavy atom. The van der Waals surface area contributed by atoms with Gasteiger partial charge in [-0.25, -0.2) is 4.98 Å². The van der Waals surface area contributed by atoms with Crippen LogP contribution in [0.25, 0.3) is 0 Å². The van der Waals surface area contributed by atoms with Crippen LogP contribution in [-0.2, 0) is 0 Å². The minimum Gasteiger partial charge on any atom is -0.342 e. The van der Waals surface area contributed by atoms with Crippen LogP contribution in [-0.4, -0.2) is 17.2 Å². The molecule has 1 aromatic heterocycles. The summed E-state index contributed by atoms with van der Waals surface area (Å²) in [7, 11) is 0. The van der Waals surface area contributed by atoms with E-state index >= 15 is 0 Å². The highest BCUT2D eigenvalue weighted by Crippen LogP contribution is 2.46. The summed E-state index contributed by atoms with van der Waals surface area (Å²) < 4.78 is 0. The molecule has 1 unspecified atom stereocenters. The van der Waals surface area contributed by atoms with Gasteiger partial charge in [-0.15, -0.1) is 0 Å². The number of nitrogens with zero attached hydrogens (tertiary/aromatic N) is 3. The van der Waals surface area contributed by atoms with Crippen LogP contribution in [0.2, 0.25) is 0 Å². The molecule has 1 aliphatic carbocycles. The molecule has 1 aliphatic heterocycles. The molecule has 2 heterocycles. The smallest absolute Gasteiger partial charge is 0.158 e. The van der Waals surface area contributed by atoms with Gasteiger partial charge >= 0.3 is 0 Å². The summed E-state index contributed by atoms with van der Waals surface area (Å²) in [6, 6.07) is 15.4. The van der Waals surface area contributed by atoms with Crippen LogP contribution < -0.4 is 9.80 Å². The summed E-state index contributed by atoms with van der Waals surface area (Å²) in [6.07, 6.45) is 12.8. The van der Waals surface area contributed by atoms with E-state index in [1.54, 1.807) is 0 Å². The predicted octanol–water partition coefficient (Wildman–Crippen LogP) is 6.61. The van der Waals surface area contributed by atoms with Gasteiger partial charge in [0.1, 0.15) is 6.17 Å². The Morgan fingerprint density at radius 3 is 2.54 bits per heavy atom. The number of fused-ring (bicyclic) bond motifs is 1. The van der Waals surface area contributed by atoms with Crippen LogP contribution in [0.5, 0.6) is 0 Å². The third kappa shape index (κ3) is 3.58. The Morgan fingerprint density at radius 2 is 1.75 bits per heavy atom. The van der Waals surface area contributed by atoms with Crippen LogP contribution in [0, 0.1) is 0 Å². The van der Waals surface area contributed by atoms with Crippen molar-refractivity contribution in [1.29, 1.82) is 0 Å². The average molecular weight is 374 g/mol. The van der Waals surface area contributed by atoms with Gasteiger partial charge in [0, 0.05) is 17.9 Å². The molecule has 0 spiro atoms. The maximum Gasteiger partial charge on any atom is 0.158 e. The molecular weight excluding hydrogens is 342 g/mol. The van der Waals surface area contributed by atoms with E-state index in [0.29, 0.717) is 6.04 Å². The van der Waals surface area contributed by atoms with E-state index in [9.17, 15) is 0 Å². The Balaban J connectivity index is 1.80. The van der Waals surface area contributed by atoms with Crippen molar-refractivity contribution in [3.63, 3.8) is 0 Å². The predicted molar refractivity (Wildman–Crippen MR) is 119 cm³/mol. The van der Waals surface area contributed by atoms with E-state index in [-0.39, 0.29) is 6.17 Å². The lowest BCUT2D eigenvalue weighted by Crippen LogP contribution is -2.46. The molecule has 3 nitrogen and oxygen atoms in total. The summed E-state index contributed by atoms with van der Waals surface area (Å²) in [5.74, 6) is 1.07. The maximum absolute atomic E-state index is 4.81. The fourth-order valence-corrected chi connectivity index (χ4v) is 4.51. The minimum atomic E-state index is 0.200. The van der Waals surface area contributed by atoms with Gasteiger partial charge in [-0.2, -0.15) is 0 Å². The Hall–Kier alpha value is -2.55. The van der Waals surface area contributed by atoms with Crippen molar-refractivity contribution in [1.82, 2.24) is 4.98 Å². The van der Waals surface area contributed by atoms with Crippen molar-refractivity contribution >= 4 is 17.2 Å². The number of hydrogen-bond donors (Lipinski definition) is 0. The molecule has 0 saturated heterocycles. The minimum absolute atomic E-state index is 0.200. The van der Waals surface area contributed by atoms with Gasteiger partial charge in [0.15, 0.2) is 5.82 Å². The highest BCUT2D eigenvalue weighted by molar-refractivity contribution is 5.82. The first kappa shape index (κ1) is 18.8. The second-order valence-corrected chi connectivity index (χ2v) is 8.19. The summed E-state index contributed by atoms with van der Waals surface area (Å²) in [5.41, 5.74) is 5.51. The zero-order valence-electron chi connectivity index (χ0n) is 17.3. The number of pyridine rings is 1. The number of allylic oxidation sites excluding steroid dienone is 3. The number of rotatable bonds is 3. The maximum atomic E-state index is 4.81. The van der Waals surface area contributed by atoms with Crippen molar-refractivity contribution in [3.05, 3.63) is 72.0 Å². The fourth-order valence-electron chi connectivity index (χ4n) is 4.51. The highest BCUT2D eigenvalue weighted by atomic mass is 15.5. The normalized spacial score (nSPS) is 23.9. The largest absolute Gasteiger partial charge is 0.342 e. The number of anilines is 3. The Bertz CT molecular complexity index is 866. The van der Waals surface area contributed by atoms with Crippen molar-refractivity contribution < 1.29 is 0 Å². The van der Waals surface area contributed by atoms with Crippen molar-refractivity contribution in [3.8, 4) is 0 Å². The van der Waals surface area contributed by atoms with Crippen LogP contribution >= 0.6 is 0 Å². The first-order chi connectivity index (χ1) is 13.7. The summed E-state index contributed by atoms with van der Waals surface area (Å²) >= 11 is 0. The first-order valence-corrected chi connectivity index (χ1v) is 10.6. The van der Waals surface area contributed by atoms with Gasteiger partial charge in [0.05, 0.1) is 5.69 Å². The summed E-state index contributed by atoms with van der Waals surface area (Å²) in [4.78, 5) is 9.81. The summed E-state index contributed by atoms with van der Waals surface area (Å²) in [5, 5.41) is 0. The van der Waals surface area contributed by atoms with Crippen molar-refractivity contribution in [2.45, 2.75) is 65.1 Å².